The van der Waals surface area contributed by atoms with Crippen LogP contribution in [0.4, 0.5) is 0 Å². The number of furan rings is 1. The van der Waals surface area contributed by atoms with Gasteiger partial charge in [-0.05, 0) is 76.2 Å². The Morgan fingerprint density at radius 2 is 1.30 bits per heavy atom. The summed E-state index contributed by atoms with van der Waals surface area (Å²) in [5.74, 6) is 1.84. The predicted octanol–water partition coefficient (Wildman–Crippen LogP) is 11.1. The minimum atomic E-state index is 0.592. The van der Waals surface area contributed by atoms with Gasteiger partial charge in [0.25, 0.3) is 0 Å². The quantitative estimate of drug-likeness (QED) is 0.199. The van der Waals surface area contributed by atoms with Gasteiger partial charge in [0.2, 0.25) is 0 Å². The Morgan fingerprint density at radius 3 is 2.17 bits per heavy atom. The summed E-state index contributed by atoms with van der Waals surface area (Å²) in [6.07, 6.45) is 4.33. The first-order chi connectivity index (χ1) is 22.7. The number of aryl methyl sites for hydroxylation is 1. The number of fused-ring (bicyclic) bond motifs is 5. The van der Waals surface area contributed by atoms with Crippen molar-refractivity contribution < 1.29 is 4.42 Å². The second-order valence-electron chi connectivity index (χ2n) is 11.7. The molecule has 0 aliphatic heterocycles. The molecule has 1 aliphatic carbocycles. The molecule has 0 atom stereocenters. The van der Waals surface area contributed by atoms with E-state index < -0.39 is 0 Å². The van der Waals surface area contributed by atoms with E-state index in [9.17, 15) is 0 Å². The summed E-state index contributed by atoms with van der Waals surface area (Å²) >= 11 is 6.32. The number of aromatic nitrogens is 3. The lowest BCUT2D eigenvalue weighted by molar-refractivity contribution is 0.669. The fraction of sp³-hybridized carbons (Fsp3) is 0.0488. The van der Waals surface area contributed by atoms with Gasteiger partial charge in [0.15, 0.2) is 17.5 Å². The van der Waals surface area contributed by atoms with Crippen LogP contribution in [0.5, 0.6) is 0 Å². The predicted molar refractivity (Wildman–Crippen MR) is 189 cm³/mol. The topological polar surface area (TPSA) is 51.8 Å². The smallest absolute Gasteiger partial charge is 0.164 e. The van der Waals surface area contributed by atoms with Crippen molar-refractivity contribution in [2.45, 2.75) is 12.8 Å². The first kappa shape index (κ1) is 26.8. The van der Waals surface area contributed by atoms with Crippen LogP contribution in [0.25, 0.3) is 78.5 Å². The average Bonchev–Trinajstić information content (AvgIpc) is 3.49. The van der Waals surface area contributed by atoms with Gasteiger partial charge in [-0.2, -0.15) is 0 Å². The van der Waals surface area contributed by atoms with Crippen LogP contribution in [-0.2, 0) is 6.42 Å². The van der Waals surface area contributed by atoms with Crippen molar-refractivity contribution in [3.05, 3.63) is 149 Å². The molecule has 0 fully saturated rings. The first-order valence-electron chi connectivity index (χ1n) is 15.4. The number of nitrogens with zero attached hydrogens (tertiary/aromatic N) is 3. The number of hydrogen-bond donors (Lipinski definition) is 0. The van der Waals surface area contributed by atoms with Crippen LogP contribution in [0.3, 0.4) is 0 Å². The summed E-state index contributed by atoms with van der Waals surface area (Å²) in [6.45, 7) is 0. The summed E-state index contributed by atoms with van der Waals surface area (Å²) in [5.41, 5.74) is 9.41. The van der Waals surface area contributed by atoms with E-state index >= 15 is 0 Å². The molecule has 5 heteroatoms. The summed E-state index contributed by atoms with van der Waals surface area (Å²) < 4.78 is 6.22. The highest BCUT2D eigenvalue weighted by atomic mass is 35.5. The zero-order valence-corrected chi connectivity index (χ0v) is 25.5. The average molecular weight is 612 g/mol. The van der Waals surface area contributed by atoms with Crippen LogP contribution in [0, 0.1) is 0 Å². The minimum Gasteiger partial charge on any atom is -0.456 e. The Hall–Kier alpha value is -5.58. The molecule has 218 valence electrons. The van der Waals surface area contributed by atoms with E-state index in [-0.39, 0.29) is 0 Å². The van der Waals surface area contributed by atoms with Crippen molar-refractivity contribution in [3.63, 3.8) is 0 Å². The number of halogens is 1. The van der Waals surface area contributed by atoms with Crippen LogP contribution in [0.15, 0.2) is 132 Å². The number of allylic oxidation sites excluding steroid dienone is 1. The van der Waals surface area contributed by atoms with Crippen LogP contribution >= 0.6 is 11.6 Å². The lowest BCUT2D eigenvalue weighted by Gasteiger charge is -2.18. The van der Waals surface area contributed by atoms with Gasteiger partial charge in [0, 0.05) is 38.6 Å². The molecule has 9 rings (SSSR count). The van der Waals surface area contributed by atoms with Gasteiger partial charge < -0.3 is 4.42 Å². The molecule has 2 heterocycles. The molecule has 46 heavy (non-hydrogen) atoms. The molecule has 6 aromatic carbocycles. The molecule has 0 unspecified atom stereocenters. The van der Waals surface area contributed by atoms with Crippen molar-refractivity contribution >= 4 is 56.0 Å². The summed E-state index contributed by atoms with van der Waals surface area (Å²) in [5, 5.41) is 4.86. The maximum absolute atomic E-state index is 6.32. The second-order valence-corrected chi connectivity index (χ2v) is 12.2. The molecule has 0 N–H and O–H groups in total. The van der Waals surface area contributed by atoms with Crippen molar-refractivity contribution in [2.24, 2.45) is 0 Å². The molecule has 0 amide bonds. The van der Waals surface area contributed by atoms with Gasteiger partial charge in [-0.3, -0.25) is 0 Å². The highest BCUT2D eigenvalue weighted by molar-refractivity contribution is 6.31. The van der Waals surface area contributed by atoms with Crippen molar-refractivity contribution in [3.8, 4) is 34.2 Å². The largest absolute Gasteiger partial charge is 0.456 e. The monoisotopic (exact) mass is 611 g/mol. The number of benzene rings is 6. The Balaban J connectivity index is 1.25. The molecule has 0 spiro atoms. The maximum Gasteiger partial charge on any atom is 0.164 e. The summed E-state index contributed by atoms with van der Waals surface area (Å²) in [6, 6.07) is 43.6. The van der Waals surface area contributed by atoms with Gasteiger partial charge in [0.05, 0.1) is 0 Å². The Bertz CT molecular complexity index is 2500. The molecular formula is C41H26ClN3O. The molecule has 0 saturated carbocycles. The SMILES string of the molecule is Clc1ccc2c(c1)oc1cccc(-c3nc(-c4ccc5c(c4)C=C(c4ccccc4)CC5)nc(-c4ccc5ccccc5c4)n3)c12. The zero-order valence-electron chi connectivity index (χ0n) is 24.7. The van der Waals surface area contributed by atoms with Crippen LogP contribution in [0.2, 0.25) is 5.02 Å². The van der Waals surface area contributed by atoms with E-state index in [2.05, 4.69) is 103 Å². The van der Waals surface area contributed by atoms with Crippen LogP contribution in [0.1, 0.15) is 23.1 Å². The third-order valence-corrected chi connectivity index (χ3v) is 9.12. The minimum absolute atomic E-state index is 0.592. The first-order valence-corrected chi connectivity index (χ1v) is 15.8. The Morgan fingerprint density at radius 1 is 0.543 bits per heavy atom. The molecule has 0 radical (unpaired) electrons. The van der Waals surface area contributed by atoms with E-state index in [0.29, 0.717) is 22.5 Å². The Labute approximate surface area is 270 Å². The third kappa shape index (κ3) is 4.66. The van der Waals surface area contributed by atoms with E-state index in [1.54, 1.807) is 0 Å². The fourth-order valence-corrected chi connectivity index (χ4v) is 6.74. The number of hydrogen-bond acceptors (Lipinski definition) is 4. The summed E-state index contributed by atoms with van der Waals surface area (Å²) in [7, 11) is 0. The van der Waals surface area contributed by atoms with Crippen molar-refractivity contribution in [1.29, 1.82) is 0 Å². The van der Waals surface area contributed by atoms with E-state index in [4.69, 9.17) is 31.0 Å². The maximum atomic E-state index is 6.32. The lowest BCUT2D eigenvalue weighted by Crippen LogP contribution is -2.02. The fourth-order valence-electron chi connectivity index (χ4n) is 6.57. The van der Waals surface area contributed by atoms with Crippen molar-refractivity contribution in [1.82, 2.24) is 15.0 Å². The highest BCUT2D eigenvalue weighted by Gasteiger charge is 2.19. The van der Waals surface area contributed by atoms with E-state index in [1.165, 1.54) is 27.6 Å². The zero-order chi connectivity index (χ0) is 30.6. The van der Waals surface area contributed by atoms with Gasteiger partial charge in [-0.1, -0.05) is 109 Å². The van der Waals surface area contributed by atoms with Gasteiger partial charge in [-0.15, -0.1) is 0 Å². The van der Waals surface area contributed by atoms with Crippen molar-refractivity contribution in [2.75, 3.05) is 0 Å². The highest BCUT2D eigenvalue weighted by Crippen LogP contribution is 2.38. The normalized spacial score (nSPS) is 12.8. The Kier molecular flexibility index (Phi) is 6.29. The van der Waals surface area contributed by atoms with Gasteiger partial charge in [-0.25, -0.2) is 15.0 Å². The van der Waals surface area contributed by atoms with Gasteiger partial charge >= 0.3 is 0 Å². The van der Waals surface area contributed by atoms with Gasteiger partial charge in [0.1, 0.15) is 11.2 Å². The molecule has 0 bridgehead atoms. The molecule has 0 saturated heterocycles. The molecule has 8 aromatic rings. The lowest BCUT2D eigenvalue weighted by atomic mass is 9.88. The van der Waals surface area contributed by atoms with E-state index in [1.807, 2.05) is 30.3 Å². The molecule has 2 aromatic heterocycles. The molecular weight excluding hydrogens is 586 g/mol. The van der Waals surface area contributed by atoms with E-state index in [0.717, 1.165) is 56.9 Å². The standard InChI is InChI=1S/C41H26ClN3O/c42-33-19-20-34-37(24-33)46-36-12-6-11-35(38(34)36)41-44-39(30-17-14-26-9-4-5-10-28(26)21-30)43-40(45-41)31-18-15-27-13-16-29(22-32(27)23-31)25-7-2-1-3-8-25/h1-12,14-15,17-24H,13,16H2. The molecule has 1 aliphatic rings. The summed E-state index contributed by atoms with van der Waals surface area (Å²) in [4.78, 5) is 15.3. The van der Waals surface area contributed by atoms with Crippen LogP contribution in [-0.4, -0.2) is 15.0 Å². The second kappa shape index (κ2) is 10.8. The number of rotatable bonds is 4. The molecule has 4 nitrogen and oxygen atoms in total. The van der Waals surface area contributed by atoms with Crippen LogP contribution < -0.4 is 0 Å². The third-order valence-electron chi connectivity index (χ3n) is 8.89.